The molecule has 0 N–H and O–H groups in total. The van der Waals surface area contributed by atoms with E-state index in [4.69, 9.17) is 11.6 Å². The molecule has 2 aromatic carbocycles. The van der Waals surface area contributed by atoms with Crippen molar-refractivity contribution < 1.29 is 27.1 Å². The second-order valence-corrected chi connectivity index (χ2v) is 5.34. The molecular weight excluding hydrogens is 324 g/mol. The van der Waals surface area contributed by atoms with E-state index in [1.807, 2.05) is 0 Å². The van der Waals surface area contributed by atoms with Crippen molar-refractivity contribution in [3.05, 3.63) is 58.7 Å². The van der Waals surface area contributed by atoms with E-state index in [1.165, 1.54) is 0 Å². The van der Waals surface area contributed by atoms with Crippen molar-refractivity contribution in [3.8, 4) is 11.1 Å². The predicted molar refractivity (Wildman–Crippen MR) is 70.4 cm³/mol. The molecule has 0 atom stereocenters. The van der Waals surface area contributed by atoms with Gasteiger partial charge in [0.15, 0.2) is 4.87 Å². The Morgan fingerprint density at radius 1 is 0.955 bits per heavy atom. The molecule has 0 amide bonds. The highest BCUT2D eigenvalue weighted by molar-refractivity contribution is 6.38. The zero-order valence-electron chi connectivity index (χ0n) is 11.0. The van der Waals surface area contributed by atoms with Crippen molar-refractivity contribution in [3.63, 3.8) is 0 Å². The first-order chi connectivity index (χ1) is 10.3. The summed E-state index contributed by atoms with van der Waals surface area (Å²) in [5, 5.41) is 0. The lowest BCUT2D eigenvalue weighted by Crippen LogP contribution is -2.30. The first-order valence-electron chi connectivity index (χ1n) is 6.07. The van der Waals surface area contributed by atoms with Gasteiger partial charge in [0.05, 0.1) is 7.11 Å². The number of carbonyl (C=O) groups excluding carboxylic acids is 1. The van der Waals surface area contributed by atoms with Crippen molar-refractivity contribution in [2.45, 2.75) is 4.87 Å². The molecule has 0 saturated carbocycles. The van der Waals surface area contributed by atoms with Gasteiger partial charge in [-0.25, -0.2) is 22.4 Å². The van der Waals surface area contributed by atoms with Crippen LogP contribution in [-0.4, -0.2) is 13.1 Å². The largest absolute Gasteiger partial charge is 0.467 e. The summed E-state index contributed by atoms with van der Waals surface area (Å²) in [4.78, 5) is 9.85. The van der Waals surface area contributed by atoms with Crippen molar-refractivity contribution in [2.24, 2.45) is 0 Å². The van der Waals surface area contributed by atoms with E-state index in [1.54, 1.807) is 0 Å². The lowest BCUT2D eigenvalue weighted by molar-refractivity contribution is -0.142. The number of halogens is 5. The number of alkyl halides is 1. The molecule has 0 spiro atoms. The maximum Gasteiger partial charge on any atom is 0.336 e. The van der Waals surface area contributed by atoms with Gasteiger partial charge in [-0.2, -0.15) is 0 Å². The van der Waals surface area contributed by atoms with Crippen LogP contribution in [-0.2, 0) is 14.4 Å². The molecule has 0 unspecified atom stereocenters. The van der Waals surface area contributed by atoms with Gasteiger partial charge in [-0.05, 0) is 12.1 Å². The third-order valence-corrected chi connectivity index (χ3v) is 4.13. The summed E-state index contributed by atoms with van der Waals surface area (Å²) in [6.07, 6.45) is 0. The fourth-order valence-electron chi connectivity index (χ4n) is 2.70. The standard InChI is InChI=1S/C15H7ClF4O2/c1-22-14(21)15(16)8-2-6(17)4-10(19)12(8)13-9(15)3-7(18)5-11(13)20/h2-5H,1H3. The molecule has 0 aromatic heterocycles. The van der Waals surface area contributed by atoms with E-state index in [2.05, 4.69) is 4.74 Å². The van der Waals surface area contributed by atoms with E-state index >= 15 is 0 Å². The van der Waals surface area contributed by atoms with Gasteiger partial charge in [0.25, 0.3) is 0 Å². The van der Waals surface area contributed by atoms with Crippen LogP contribution < -0.4 is 0 Å². The van der Waals surface area contributed by atoms with Crippen LogP contribution in [0.5, 0.6) is 0 Å². The van der Waals surface area contributed by atoms with Gasteiger partial charge in [-0.3, -0.25) is 0 Å². The average molecular weight is 331 g/mol. The Kier molecular flexibility index (Phi) is 3.18. The molecule has 1 aliphatic carbocycles. The molecule has 1 aliphatic rings. The summed E-state index contributed by atoms with van der Waals surface area (Å²) < 4.78 is 59.8. The Morgan fingerprint density at radius 2 is 1.36 bits per heavy atom. The molecule has 0 radical (unpaired) electrons. The highest BCUT2D eigenvalue weighted by Gasteiger charge is 2.51. The lowest BCUT2D eigenvalue weighted by Gasteiger charge is -2.21. The van der Waals surface area contributed by atoms with Crippen LogP contribution in [0.4, 0.5) is 17.6 Å². The van der Waals surface area contributed by atoms with E-state index in [0.29, 0.717) is 12.1 Å². The fraction of sp³-hybridized carbons (Fsp3) is 0.133. The van der Waals surface area contributed by atoms with Crippen molar-refractivity contribution in [1.82, 2.24) is 0 Å². The summed E-state index contributed by atoms with van der Waals surface area (Å²) in [6.45, 7) is 0. The number of methoxy groups -OCH3 is 1. The van der Waals surface area contributed by atoms with Crippen LogP contribution in [0.1, 0.15) is 11.1 Å². The van der Waals surface area contributed by atoms with Gasteiger partial charge >= 0.3 is 5.97 Å². The molecule has 7 heteroatoms. The molecule has 3 rings (SSSR count). The van der Waals surface area contributed by atoms with Gasteiger partial charge in [0.2, 0.25) is 0 Å². The lowest BCUT2D eigenvalue weighted by atomic mass is 9.95. The Balaban J connectivity index is 2.49. The molecular formula is C15H7ClF4O2. The SMILES string of the molecule is COC(=O)C1(Cl)c2cc(F)cc(F)c2-c2c(F)cc(F)cc21. The molecule has 0 bridgehead atoms. The minimum Gasteiger partial charge on any atom is -0.467 e. The van der Waals surface area contributed by atoms with E-state index in [9.17, 15) is 22.4 Å². The monoisotopic (exact) mass is 330 g/mol. The maximum atomic E-state index is 14.1. The first kappa shape index (κ1) is 14.8. The van der Waals surface area contributed by atoms with Crippen molar-refractivity contribution in [2.75, 3.05) is 7.11 Å². The number of benzene rings is 2. The van der Waals surface area contributed by atoms with Crippen molar-refractivity contribution >= 4 is 17.6 Å². The Hall–Kier alpha value is -2.08. The quantitative estimate of drug-likeness (QED) is 0.450. The second kappa shape index (κ2) is 4.71. The average Bonchev–Trinajstić information content (AvgIpc) is 2.70. The second-order valence-electron chi connectivity index (χ2n) is 4.77. The van der Waals surface area contributed by atoms with Gasteiger partial charge < -0.3 is 4.74 Å². The van der Waals surface area contributed by atoms with E-state index < -0.39 is 34.1 Å². The minimum atomic E-state index is -2.22. The van der Waals surface area contributed by atoms with Crippen LogP contribution in [0.3, 0.4) is 0 Å². The number of rotatable bonds is 1. The Bertz CT molecular complexity index is 762. The number of hydrogen-bond acceptors (Lipinski definition) is 2. The summed E-state index contributed by atoms with van der Waals surface area (Å²) in [7, 11) is 1.01. The highest BCUT2D eigenvalue weighted by atomic mass is 35.5. The summed E-state index contributed by atoms with van der Waals surface area (Å²) >= 11 is 6.23. The van der Waals surface area contributed by atoms with Crippen LogP contribution >= 0.6 is 11.6 Å². The third kappa shape index (κ3) is 1.76. The number of ether oxygens (including phenoxy) is 1. The summed E-state index contributed by atoms with van der Waals surface area (Å²) in [5.74, 6) is -5.30. The smallest absolute Gasteiger partial charge is 0.336 e. The van der Waals surface area contributed by atoms with E-state index in [0.717, 1.165) is 19.2 Å². The van der Waals surface area contributed by atoms with Gasteiger partial charge in [0.1, 0.15) is 23.3 Å². The summed E-state index contributed by atoms with van der Waals surface area (Å²) in [5.41, 5.74) is -1.40. The number of hydrogen-bond donors (Lipinski definition) is 0. The molecule has 0 heterocycles. The molecule has 0 aliphatic heterocycles. The molecule has 114 valence electrons. The van der Waals surface area contributed by atoms with Crippen LogP contribution in [0.15, 0.2) is 24.3 Å². The van der Waals surface area contributed by atoms with Crippen molar-refractivity contribution in [1.29, 1.82) is 0 Å². The Labute approximate surface area is 127 Å². The topological polar surface area (TPSA) is 26.3 Å². The normalized spacial score (nSPS) is 14.5. The zero-order valence-corrected chi connectivity index (χ0v) is 11.8. The molecule has 2 aromatic rings. The molecule has 2 nitrogen and oxygen atoms in total. The van der Waals surface area contributed by atoms with E-state index in [-0.39, 0.29) is 22.3 Å². The van der Waals surface area contributed by atoms with Crippen LogP contribution in [0.25, 0.3) is 11.1 Å². The highest BCUT2D eigenvalue weighted by Crippen LogP contribution is 2.54. The predicted octanol–water partition coefficient (Wildman–Crippen LogP) is 3.88. The van der Waals surface area contributed by atoms with Crippen LogP contribution in [0.2, 0.25) is 0 Å². The minimum absolute atomic E-state index is 0.321. The zero-order chi connectivity index (χ0) is 16.2. The first-order valence-corrected chi connectivity index (χ1v) is 6.45. The number of esters is 1. The summed E-state index contributed by atoms with van der Waals surface area (Å²) in [6, 6.07) is 2.68. The van der Waals surface area contributed by atoms with Gasteiger partial charge in [-0.1, -0.05) is 11.6 Å². The van der Waals surface area contributed by atoms with Crippen LogP contribution in [0, 0.1) is 23.3 Å². The molecule has 0 fully saturated rings. The number of carbonyl (C=O) groups is 1. The molecule has 22 heavy (non-hydrogen) atoms. The van der Waals surface area contributed by atoms with Gasteiger partial charge in [0, 0.05) is 34.4 Å². The molecule has 0 saturated heterocycles. The third-order valence-electron chi connectivity index (χ3n) is 3.57. The maximum absolute atomic E-state index is 14.1. The van der Waals surface area contributed by atoms with Gasteiger partial charge in [-0.15, -0.1) is 0 Å². The Morgan fingerprint density at radius 3 is 1.73 bits per heavy atom. The number of fused-ring (bicyclic) bond motifs is 3. The fourth-order valence-corrected chi connectivity index (χ4v) is 3.08.